The van der Waals surface area contributed by atoms with Gasteiger partial charge in [-0.1, -0.05) is 31.1 Å². The van der Waals surface area contributed by atoms with E-state index in [2.05, 4.69) is 20.4 Å². The third-order valence-corrected chi connectivity index (χ3v) is 3.38. The third-order valence-electron chi connectivity index (χ3n) is 3.38. The predicted octanol–water partition coefficient (Wildman–Crippen LogP) is 3.27. The second kappa shape index (κ2) is 7.57. The fourth-order valence-electron chi connectivity index (χ4n) is 2.13. The van der Waals surface area contributed by atoms with E-state index < -0.39 is 0 Å². The van der Waals surface area contributed by atoms with Crippen molar-refractivity contribution in [1.82, 2.24) is 15.1 Å². The molecule has 3 aromatic rings. The van der Waals surface area contributed by atoms with Crippen molar-refractivity contribution >= 4 is 11.6 Å². The van der Waals surface area contributed by atoms with Crippen LogP contribution in [-0.2, 0) is 4.79 Å². The molecule has 0 unspecified atom stereocenters. The number of benzene rings is 1. The van der Waals surface area contributed by atoms with Crippen molar-refractivity contribution in [3.05, 3.63) is 54.6 Å². The van der Waals surface area contributed by atoms with Crippen molar-refractivity contribution in [1.29, 1.82) is 0 Å². The van der Waals surface area contributed by atoms with E-state index in [1.807, 2.05) is 32.0 Å². The van der Waals surface area contributed by atoms with Gasteiger partial charge in [-0.05, 0) is 24.3 Å². The average molecular weight is 338 g/mol. The lowest BCUT2D eigenvalue weighted by atomic mass is 10.2. The average Bonchev–Trinajstić information content (AvgIpc) is 3.11. The van der Waals surface area contributed by atoms with E-state index in [9.17, 15) is 4.79 Å². The number of hydrogen-bond donors (Lipinski definition) is 1. The molecule has 0 aliphatic rings. The Morgan fingerprint density at radius 1 is 1.24 bits per heavy atom. The van der Waals surface area contributed by atoms with Crippen LogP contribution in [-0.4, -0.2) is 27.6 Å². The highest BCUT2D eigenvalue weighted by Gasteiger charge is 2.16. The van der Waals surface area contributed by atoms with Crippen LogP contribution in [0.2, 0.25) is 0 Å². The van der Waals surface area contributed by atoms with Crippen LogP contribution in [0.1, 0.15) is 25.6 Å². The first kappa shape index (κ1) is 16.6. The zero-order valence-corrected chi connectivity index (χ0v) is 14.0. The van der Waals surface area contributed by atoms with Crippen LogP contribution < -0.4 is 10.1 Å². The highest BCUT2D eigenvalue weighted by atomic mass is 16.5. The molecule has 3 rings (SSSR count). The number of aromatic nitrogens is 3. The molecule has 2 heterocycles. The molecule has 0 bridgehead atoms. The monoisotopic (exact) mass is 338 g/mol. The van der Waals surface area contributed by atoms with Crippen molar-refractivity contribution in [2.24, 2.45) is 0 Å². The Kier molecular flexibility index (Phi) is 5.03. The number of anilines is 1. The van der Waals surface area contributed by atoms with E-state index in [-0.39, 0.29) is 18.4 Å². The molecule has 0 aliphatic heterocycles. The maximum Gasteiger partial charge on any atom is 0.262 e. The first-order chi connectivity index (χ1) is 12.1. The fraction of sp³-hybridized carbons (Fsp3) is 0.222. The molecule has 0 aliphatic carbocycles. The number of para-hydroxylation sites is 1. The van der Waals surface area contributed by atoms with E-state index in [1.165, 1.54) is 0 Å². The van der Waals surface area contributed by atoms with Crippen LogP contribution in [0.5, 0.6) is 5.75 Å². The Labute approximate surface area is 145 Å². The Morgan fingerprint density at radius 2 is 2.08 bits per heavy atom. The summed E-state index contributed by atoms with van der Waals surface area (Å²) in [5, 5.41) is 6.67. The summed E-state index contributed by atoms with van der Waals surface area (Å²) in [7, 11) is 0. The molecule has 0 fully saturated rings. The van der Waals surface area contributed by atoms with Crippen molar-refractivity contribution in [3.63, 3.8) is 0 Å². The predicted molar refractivity (Wildman–Crippen MR) is 92.2 cm³/mol. The molecule has 25 heavy (non-hydrogen) atoms. The Hall–Kier alpha value is -3.22. The number of carbonyl (C=O) groups excluding carboxylic acids is 1. The topological polar surface area (TPSA) is 90.1 Å². The summed E-state index contributed by atoms with van der Waals surface area (Å²) < 4.78 is 10.9. The maximum absolute atomic E-state index is 12.0. The van der Waals surface area contributed by atoms with Crippen LogP contribution in [0.4, 0.5) is 5.69 Å². The fourth-order valence-corrected chi connectivity index (χ4v) is 2.13. The summed E-state index contributed by atoms with van der Waals surface area (Å²) in [5.74, 6) is 1.38. The summed E-state index contributed by atoms with van der Waals surface area (Å²) >= 11 is 0. The largest absolute Gasteiger partial charge is 0.483 e. The molecule has 0 radical (unpaired) electrons. The van der Waals surface area contributed by atoms with Gasteiger partial charge in [0, 0.05) is 12.1 Å². The smallest absolute Gasteiger partial charge is 0.262 e. The van der Waals surface area contributed by atoms with Gasteiger partial charge in [-0.2, -0.15) is 4.98 Å². The lowest BCUT2D eigenvalue weighted by molar-refractivity contribution is -0.118. The standard InChI is InChI=1S/C18H18N4O3/c1-12(2)17-21-18(25-22-17)14-7-3-4-8-15(14)24-11-16(23)20-13-6-5-9-19-10-13/h3-10,12H,11H2,1-2H3,(H,20,23). The Morgan fingerprint density at radius 3 is 2.80 bits per heavy atom. The van der Waals surface area contributed by atoms with Gasteiger partial charge in [0.1, 0.15) is 5.75 Å². The number of nitrogens with zero attached hydrogens (tertiary/aromatic N) is 3. The summed E-state index contributed by atoms with van der Waals surface area (Å²) in [6, 6.07) is 10.7. The van der Waals surface area contributed by atoms with Crippen molar-refractivity contribution in [2.45, 2.75) is 19.8 Å². The molecule has 0 saturated carbocycles. The number of pyridine rings is 1. The second-order valence-electron chi connectivity index (χ2n) is 5.69. The van der Waals surface area contributed by atoms with E-state index in [0.717, 1.165) is 0 Å². The number of nitrogens with one attached hydrogen (secondary N) is 1. The lowest BCUT2D eigenvalue weighted by Crippen LogP contribution is -2.20. The maximum atomic E-state index is 12.0. The van der Waals surface area contributed by atoms with Crippen LogP contribution >= 0.6 is 0 Å². The van der Waals surface area contributed by atoms with Gasteiger partial charge < -0.3 is 14.6 Å². The van der Waals surface area contributed by atoms with Gasteiger partial charge in [0.15, 0.2) is 12.4 Å². The highest BCUT2D eigenvalue weighted by Crippen LogP contribution is 2.29. The van der Waals surface area contributed by atoms with E-state index >= 15 is 0 Å². The van der Waals surface area contributed by atoms with Gasteiger partial charge in [0.25, 0.3) is 11.8 Å². The van der Waals surface area contributed by atoms with Gasteiger partial charge >= 0.3 is 0 Å². The van der Waals surface area contributed by atoms with Crippen LogP contribution in [0.15, 0.2) is 53.3 Å². The number of rotatable bonds is 6. The molecule has 1 N–H and O–H groups in total. The lowest BCUT2D eigenvalue weighted by Gasteiger charge is -2.09. The van der Waals surface area contributed by atoms with Crippen LogP contribution in [0.3, 0.4) is 0 Å². The molecule has 0 saturated heterocycles. The van der Waals surface area contributed by atoms with Crippen molar-refractivity contribution in [2.75, 3.05) is 11.9 Å². The van der Waals surface area contributed by atoms with Crippen LogP contribution in [0.25, 0.3) is 11.5 Å². The summed E-state index contributed by atoms with van der Waals surface area (Å²) in [6.07, 6.45) is 3.20. The summed E-state index contributed by atoms with van der Waals surface area (Å²) in [4.78, 5) is 20.3. The third kappa shape index (κ3) is 4.20. The van der Waals surface area contributed by atoms with E-state index in [1.54, 1.807) is 30.6 Å². The second-order valence-corrected chi connectivity index (χ2v) is 5.69. The minimum Gasteiger partial charge on any atom is -0.483 e. The summed E-state index contributed by atoms with van der Waals surface area (Å²) in [5.41, 5.74) is 1.26. The van der Waals surface area contributed by atoms with E-state index in [4.69, 9.17) is 9.26 Å². The quantitative estimate of drug-likeness (QED) is 0.742. The Bertz CT molecular complexity index is 846. The first-order valence-electron chi connectivity index (χ1n) is 7.89. The first-order valence-corrected chi connectivity index (χ1v) is 7.89. The number of hydrogen-bond acceptors (Lipinski definition) is 6. The molecule has 7 heteroatoms. The number of carbonyl (C=O) groups is 1. The van der Waals surface area contributed by atoms with Gasteiger partial charge in [0.05, 0.1) is 17.4 Å². The molecule has 128 valence electrons. The van der Waals surface area contributed by atoms with Crippen molar-refractivity contribution < 1.29 is 14.1 Å². The van der Waals surface area contributed by atoms with Gasteiger partial charge in [-0.15, -0.1) is 0 Å². The molecular formula is C18H18N4O3. The number of amides is 1. The number of ether oxygens (including phenoxy) is 1. The van der Waals surface area contributed by atoms with Crippen molar-refractivity contribution in [3.8, 4) is 17.2 Å². The molecule has 7 nitrogen and oxygen atoms in total. The van der Waals surface area contributed by atoms with Gasteiger partial charge in [-0.3, -0.25) is 9.78 Å². The van der Waals surface area contributed by atoms with Crippen LogP contribution in [0, 0.1) is 0 Å². The molecule has 0 spiro atoms. The minimum absolute atomic E-state index is 0.142. The zero-order chi connectivity index (χ0) is 17.6. The summed E-state index contributed by atoms with van der Waals surface area (Å²) in [6.45, 7) is 3.83. The SMILES string of the molecule is CC(C)c1noc(-c2ccccc2OCC(=O)Nc2cccnc2)n1. The molecule has 1 amide bonds. The molecule has 1 aromatic carbocycles. The molecule has 2 aromatic heterocycles. The normalized spacial score (nSPS) is 10.7. The molecular weight excluding hydrogens is 320 g/mol. The van der Waals surface area contributed by atoms with E-state index in [0.29, 0.717) is 28.7 Å². The highest BCUT2D eigenvalue weighted by molar-refractivity contribution is 5.91. The minimum atomic E-state index is -0.281. The van der Waals surface area contributed by atoms with Gasteiger partial charge in [-0.25, -0.2) is 0 Å². The zero-order valence-electron chi connectivity index (χ0n) is 14.0. The Balaban J connectivity index is 1.69. The van der Waals surface area contributed by atoms with Gasteiger partial charge in [0.2, 0.25) is 0 Å². The molecule has 0 atom stereocenters.